The quantitative estimate of drug-likeness (QED) is 0.645. The molecule has 1 unspecified atom stereocenters. The first-order valence-corrected chi connectivity index (χ1v) is 7.81. The maximum Gasteiger partial charge on any atom is 0.0153 e. The Hall–Kier alpha value is -0.0800. The number of hydrogen-bond donors (Lipinski definition) is 0. The van der Waals surface area contributed by atoms with Crippen LogP contribution >= 0.6 is 0 Å². The molecule has 2 nitrogen and oxygen atoms in total. The van der Waals surface area contributed by atoms with Crippen molar-refractivity contribution in [3.63, 3.8) is 0 Å². The summed E-state index contributed by atoms with van der Waals surface area (Å²) in [6.45, 7) is 18.8. The highest BCUT2D eigenvalue weighted by Gasteiger charge is 2.27. The lowest BCUT2D eigenvalue weighted by molar-refractivity contribution is 0.127. The highest BCUT2D eigenvalue weighted by molar-refractivity contribution is 4.83. The minimum Gasteiger partial charge on any atom is -0.305 e. The van der Waals surface area contributed by atoms with Gasteiger partial charge in [-0.05, 0) is 53.2 Å². The molecule has 112 valence electrons. The van der Waals surface area contributed by atoms with E-state index in [1.165, 1.54) is 32.5 Å². The van der Waals surface area contributed by atoms with Gasteiger partial charge in [-0.2, -0.15) is 0 Å². The largest absolute Gasteiger partial charge is 0.305 e. The summed E-state index contributed by atoms with van der Waals surface area (Å²) in [4.78, 5) is 4.96. The van der Waals surface area contributed by atoms with Gasteiger partial charge in [0.15, 0.2) is 0 Å². The van der Waals surface area contributed by atoms with Gasteiger partial charge in [0.25, 0.3) is 0 Å². The molecule has 1 aliphatic rings. The fourth-order valence-corrected chi connectivity index (χ4v) is 2.29. The summed E-state index contributed by atoms with van der Waals surface area (Å²) >= 11 is 0. The van der Waals surface area contributed by atoms with E-state index in [1.54, 1.807) is 0 Å². The van der Waals surface area contributed by atoms with Gasteiger partial charge >= 0.3 is 0 Å². The van der Waals surface area contributed by atoms with E-state index in [0.29, 0.717) is 5.54 Å². The van der Waals surface area contributed by atoms with E-state index in [9.17, 15) is 0 Å². The molecule has 1 heterocycles. The van der Waals surface area contributed by atoms with E-state index in [0.717, 1.165) is 5.92 Å². The van der Waals surface area contributed by atoms with Crippen LogP contribution < -0.4 is 0 Å². The van der Waals surface area contributed by atoms with Crippen LogP contribution in [0.5, 0.6) is 0 Å². The Morgan fingerprint density at radius 3 is 1.89 bits per heavy atom. The number of rotatable bonds is 0. The minimum atomic E-state index is 0.366. The normalized spacial score (nSPS) is 25.5. The molecule has 1 atom stereocenters. The maximum absolute atomic E-state index is 2.51. The van der Waals surface area contributed by atoms with Crippen LogP contribution in [0.2, 0.25) is 0 Å². The zero-order valence-corrected chi connectivity index (χ0v) is 14.5. The highest BCUT2D eigenvalue weighted by Crippen LogP contribution is 2.25. The first-order chi connectivity index (χ1) is 8.42. The Balaban J connectivity index is 0. The molecule has 1 aliphatic heterocycles. The highest BCUT2D eigenvalue weighted by atomic mass is 15.2. The van der Waals surface area contributed by atoms with Crippen molar-refractivity contribution in [2.75, 3.05) is 33.7 Å². The van der Waals surface area contributed by atoms with Crippen molar-refractivity contribution in [1.82, 2.24) is 9.80 Å². The molecule has 0 bridgehead atoms. The van der Waals surface area contributed by atoms with E-state index in [-0.39, 0.29) is 0 Å². The average Bonchev–Trinajstić information content (AvgIpc) is 2.40. The Morgan fingerprint density at radius 1 is 0.889 bits per heavy atom. The van der Waals surface area contributed by atoms with Crippen molar-refractivity contribution >= 4 is 0 Å². The fourth-order valence-electron chi connectivity index (χ4n) is 2.29. The van der Waals surface area contributed by atoms with Gasteiger partial charge in [0.2, 0.25) is 0 Å². The van der Waals surface area contributed by atoms with Crippen LogP contribution in [0.25, 0.3) is 0 Å². The van der Waals surface area contributed by atoms with E-state index >= 15 is 0 Å². The van der Waals surface area contributed by atoms with Crippen molar-refractivity contribution in [2.24, 2.45) is 5.92 Å². The van der Waals surface area contributed by atoms with Crippen LogP contribution in [0.1, 0.15) is 61.3 Å². The van der Waals surface area contributed by atoms with Gasteiger partial charge in [0, 0.05) is 18.6 Å². The van der Waals surface area contributed by atoms with Gasteiger partial charge in [0.1, 0.15) is 0 Å². The number of nitrogens with zero attached hydrogens (tertiary/aromatic N) is 2. The summed E-state index contributed by atoms with van der Waals surface area (Å²) < 4.78 is 0. The predicted molar refractivity (Wildman–Crippen MR) is 85.3 cm³/mol. The standard InChI is InChI=1S/C12H26N2.2C2H6/c1-11-6-7-13(4)8-9-14(5)12(2,3)10-11;2*1-2/h11H,6-10H2,1-5H3;2*1-2H3. The first-order valence-electron chi connectivity index (χ1n) is 7.81. The van der Waals surface area contributed by atoms with Crippen LogP contribution in [0.4, 0.5) is 0 Å². The van der Waals surface area contributed by atoms with E-state index in [1.807, 2.05) is 27.7 Å². The van der Waals surface area contributed by atoms with Gasteiger partial charge in [-0.25, -0.2) is 0 Å². The fraction of sp³-hybridized carbons (Fsp3) is 1.00. The predicted octanol–water partition coefficient (Wildman–Crippen LogP) is 4.11. The lowest BCUT2D eigenvalue weighted by Gasteiger charge is -2.37. The molecule has 1 fully saturated rings. The van der Waals surface area contributed by atoms with E-state index in [2.05, 4.69) is 44.7 Å². The van der Waals surface area contributed by atoms with Crippen molar-refractivity contribution in [1.29, 1.82) is 0 Å². The molecule has 0 N–H and O–H groups in total. The van der Waals surface area contributed by atoms with Crippen LogP contribution in [-0.2, 0) is 0 Å². The third kappa shape index (κ3) is 8.10. The van der Waals surface area contributed by atoms with Gasteiger partial charge in [-0.1, -0.05) is 34.6 Å². The second kappa shape index (κ2) is 10.8. The van der Waals surface area contributed by atoms with Crippen molar-refractivity contribution in [3.05, 3.63) is 0 Å². The molecule has 0 spiro atoms. The monoisotopic (exact) mass is 258 g/mol. The zero-order chi connectivity index (χ0) is 14.8. The average molecular weight is 258 g/mol. The Kier molecular flexibility index (Phi) is 12.2. The lowest BCUT2D eigenvalue weighted by atomic mass is 9.89. The molecule has 1 rings (SSSR count). The molecule has 0 radical (unpaired) electrons. The summed E-state index contributed by atoms with van der Waals surface area (Å²) in [6.07, 6.45) is 2.66. The van der Waals surface area contributed by atoms with Gasteiger partial charge in [0.05, 0.1) is 0 Å². The third-order valence-corrected chi connectivity index (χ3v) is 3.70. The molecule has 0 amide bonds. The smallest absolute Gasteiger partial charge is 0.0153 e. The van der Waals surface area contributed by atoms with Crippen molar-refractivity contribution in [3.8, 4) is 0 Å². The summed E-state index contributed by atoms with van der Waals surface area (Å²) in [5.74, 6) is 0.841. The van der Waals surface area contributed by atoms with Crippen molar-refractivity contribution in [2.45, 2.75) is 66.8 Å². The summed E-state index contributed by atoms with van der Waals surface area (Å²) in [5.41, 5.74) is 0.366. The van der Waals surface area contributed by atoms with Gasteiger partial charge in [-0.15, -0.1) is 0 Å². The molecule has 0 aliphatic carbocycles. The van der Waals surface area contributed by atoms with Crippen LogP contribution in [0, 0.1) is 5.92 Å². The summed E-state index contributed by atoms with van der Waals surface area (Å²) in [7, 11) is 4.49. The Morgan fingerprint density at radius 2 is 1.39 bits per heavy atom. The van der Waals surface area contributed by atoms with E-state index in [4.69, 9.17) is 0 Å². The van der Waals surface area contributed by atoms with Gasteiger partial charge < -0.3 is 4.90 Å². The SMILES string of the molecule is CC.CC.CC1CCN(C)CCN(C)C(C)(C)C1. The molecule has 0 aromatic rings. The molecule has 18 heavy (non-hydrogen) atoms. The minimum absolute atomic E-state index is 0.366. The third-order valence-electron chi connectivity index (χ3n) is 3.70. The maximum atomic E-state index is 2.51. The van der Waals surface area contributed by atoms with Crippen LogP contribution in [0.3, 0.4) is 0 Å². The summed E-state index contributed by atoms with van der Waals surface area (Å²) in [6, 6.07) is 0. The molecule has 0 saturated carbocycles. The summed E-state index contributed by atoms with van der Waals surface area (Å²) in [5, 5.41) is 0. The molecule has 0 aromatic heterocycles. The number of likely N-dealkylation sites (N-methyl/N-ethyl adjacent to an activating group) is 2. The lowest BCUT2D eigenvalue weighted by Crippen LogP contribution is -2.44. The van der Waals surface area contributed by atoms with Crippen LogP contribution in [0.15, 0.2) is 0 Å². The second-order valence-corrected chi connectivity index (χ2v) is 5.64. The molecule has 1 saturated heterocycles. The van der Waals surface area contributed by atoms with Gasteiger partial charge in [-0.3, -0.25) is 4.90 Å². The first kappa shape index (κ1) is 20.2. The number of hydrogen-bond acceptors (Lipinski definition) is 2. The van der Waals surface area contributed by atoms with E-state index < -0.39 is 0 Å². The Labute approximate surface area is 117 Å². The second-order valence-electron chi connectivity index (χ2n) is 5.64. The molecular formula is C16H38N2. The topological polar surface area (TPSA) is 6.48 Å². The zero-order valence-electron chi connectivity index (χ0n) is 14.5. The van der Waals surface area contributed by atoms with Crippen LogP contribution in [-0.4, -0.2) is 49.1 Å². The molecule has 0 aromatic carbocycles. The molecule has 2 heteroatoms. The molecular weight excluding hydrogens is 220 g/mol. The Bertz CT molecular complexity index is 178. The van der Waals surface area contributed by atoms with Crippen molar-refractivity contribution < 1.29 is 0 Å².